The van der Waals surface area contributed by atoms with E-state index in [2.05, 4.69) is 47.9 Å². The van der Waals surface area contributed by atoms with E-state index >= 15 is 0 Å². The van der Waals surface area contributed by atoms with Gasteiger partial charge in [0.2, 0.25) is 0 Å². The Hall–Kier alpha value is -3.66. The zero-order valence-corrected chi connectivity index (χ0v) is 14.8. The van der Waals surface area contributed by atoms with Gasteiger partial charge in [-0.25, -0.2) is 9.97 Å². The Labute approximate surface area is 156 Å². The molecule has 0 saturated heterocycles. The van der Waals surface area contributed by atoms with E-state index in [1.165, 1.54) is 5.56 Å². The number of furan rings is 1. The molecule has 5 aromatic rings. The van der Waals surface area contributed by atoms with Crippen molar-refractivity contribution in [3.8, 4) is 11.3 Å². The largest absolute Gasteiger partial charge is 0.465 e. The maximum absolute atomic E-state index is 5.41. The van der Waals surface area contributed by atoms with Gasteiger partial charge in [0.25, 0.3) is 0 Å². The summed E-state index contributed by atoms with van der Waals surface area (Å²) in [7, 11) is 0. The highest BCUT2D eigenvalue weighted by molar-refractivity contribution is 5.85. The molecule has 0 fully saturated rings. The second-order valence-corrected chi connectivity index (χ2v) is 6.52. The SMILES string of the molecule is Cc1ccc(-c2cn3c(nc4ccccc43)c(/C=C/c3ccco3)n2)cc1. The summed E-state index contributed by atoms with van der Waals surface area (Å²) in [6, 6.07) is 20.3. The first-order valence-electron chi connectivity index (χ1n) is 8.84. The molecule has 0 N–H and O–H groups in total. The van der Waals surface area contributed by atoms with Crippen molar-refractivity contribution in [2.75, 3.05) is 0 Å². The van der Waals surface area contributed by atoms with Gasteiger partial charge in [0.15, 0.2) is 5.65 Å². The molecule has 4 heteroatoms. The van der Waals surface area contributed by atoms with Crippen LogP contribution in [0.4, 0.5) is 0 Å². The lowest BCUT2D eigenvalue weighted by Gasteiger charge is -2.06. The van der Waals surface area contributed by atoms with Crippen molar-refractivity contribution < 1.29 is 4.42 Å². The van der Waals surface area contributed by atoms with Crippen molar-refractivity contribution in [3.63, 3.8) is 0 Å². The van der Waals surface area contributed by atoms with Gasteiger partial charge < -0.3 is 4.42 Å². The lowest BCUT2D eigenvalue weighted by Crippen LogP contribution is -1.96. The third-order valence-electron chi connectivity index (χ3n) is 4.61. The van der Waals surface area contributed by atoms with E-state index in [0.29, 0.717) is 0 Å². The molecule has 3 heterocycles. The van der Waals surface area contributed by atoms with Gasteiger partial charge >= 0.3 is 0 Å². The third kappa shape index (κ3) is 2.81. The summed E-state index contributed by atoms with van der Waals surface area (Å²) in [6.07, 6.45) is 7.59. The van der Waals surface area contributed by atoms with E-state index in [0.717, 1.165) is 39.4 Å². The molecular weight excluding hydrogens is 334 g/mol. The van der Waals surface area contributed by atoms with Gasteiger partial charge in [-0.15, -0.1) is 0 Å². The predicted molar refractivity (Wildman–Crippen MR) is 108 cm³/mol. The highest BCUT2D eigenvalue weighted by Crippen LogP contribution is 2.25. The molecule has 0 amide bonds. The number of benzene rings is 2. The van der Waals surface area contributed by atoms with Crippen LogP contribution in [0.3, 0.4) is 0 Å². The average Bonchev–Trinajstić information content (AvgIpc) is 3.34. The van der Waals surface area contributed by atoms with Crippen LogP contribution < -0.4 is 0 Å². The van der Waals surface area contributed by atoms with Crippen molar-refractivity contribution in [2.24, 2.45) is 0 Å². The summed E-state index contributed by atoms with van der Waals surface area (Å²) in [4.78, 5) is 9.67. The summed E-state index contributed by atoms with van der Waals surface area (Å²) in [5.74, 6) is 0.784. The summed E-state index contributed by atoms with van der Waals surface area (Å²) < 4.78 is 7.52. The highest BCUT2D eigenvalue weighted by Gasteiger charge is 2.11. The van der Waals surface area contributed by atoms with Gasteiger partial charge in [0.05, 0.1) is 23.0 Å². The van der Waals surface area contributed by atoms with E-state index in [9.17, 15) is 0 Å². The Morgan fingerprint density at radius 2 is 1.74 bits per heavy atom. The topological polar surface area (TPSA) is 43.3 Å². The molecule has 3 aromatic heterocycles. The normalized spacial score (nSPS) is 11.7. The fourth-order valence-electron chi connectivity index (χ4n) is 3.21. The Morgan fingerprint density at radius 3 is 2.56 bits per heavy atom. The first-order valence-corrected chi connectivity index (χ1v) is 8.84. The van der Waals surface area contributed by atoms with E-state index in [4.69, 9.17) is 14.4 Å². The highest BCUT2D eigenvalue weighted by atomic mass is 16.3. The van der Waals surface area contributed by atoms with Gasteiger partial charge in [0, 0.05) is 11.8 Å². The summed E-state index contributed by atoms with van der Waals surface area (Å²) >= 11 is 0. The van der Waals surface area contributed by atoms with Crippen LogP contribution in [-0.2, 0) is 0 Å². The van der Waals surface area contributed by atoms with Crippen LogP contribution in [0.15, 0.2) is 77.5 Å². The molecule has 0 aliphatic heterocycles. The number of para-hydroxylation sites is 2. The molecule has 0 aliphatic carbocycles. The van der Waals surface area contributed by atoms with Crippen LogP contribution in [0, 0.1) is 6.92 Å². The molecule has 2 aromatic carbocycles. The van der Waals surface area contributed by atoms with Gasteiger partial charge in [0.1, 0.15) is 11.5 Å². The number of aromatic nitrogens is 3. The lowest BCUT2D eigenvalue weighted by atomic mass is 10.1. The van der Waals surface area contributed by atoms with Gasteiger partial charge in [-0.2, -0.15) is 0 Å². The fraction of sp³-hybridized carbons (Fsp3) is 0.0435. The van der Waals surface area contributed by atoms with Crippen LogP contribution in [-0.4, -0.2) is 14.4 Å². The number of fused-ring (bicyclic) bond motifs is 3. The van der Waals surface area contributed by atoms with Gasteiger partial charge in [-0.05, 0) is 43.3 Å². The zero-order chi connectivity index (χ0) is 18.2. The quantitative estimate of drug-likeness (QED) is 0.424. The number of imidazole rings is 1. The van der Waals surface area contributed by atoms with Crippen LogP contribution in [0.1, 0.15) is 17.0 Å². The minimum atomic E-state index is 0.784. The fourth-order valence-corrected chi connectivity index (χ4v) is 3.21. The van der Waals surface area contributed by atoms with Crippen molar-refractivity contribution in [2.45, 2.75) is 6.92 Å². The van der Waals surface area contributed by atoms with E-state index in [-0.39, 0.29) is 0 Å². The van der Waals surface area contributed by atoms with E-state index in [1.54, 1.807) is 6.26 Å². The first kappa shape index (κ1) is 15.6. The van der Waals surface area contributed by atoms with Crippen LogP contribution in [0.5, 0.6) is 0 Å². The molecular formula is C23H17N3O. The average molecular weight is 351 g/mol. The first-order chi connectivity index (χ1) is 13.3. The van der Waals surface area contributed by atoms with Crippen molar-refractivity contribution in [1.29, 1.82) is 0 Å². The number of nitrogens with zero attached hydrogens (tertiary/aromatic N) is 3. The second kappa shape index (κ2) is 6.25. The molecule has 4 nitrogen and oxygen atoms in total. The van der Waals surface area contributed by atoms with E-state index < -0.39 is 0 Å². The maximum Gasteiger partial charge on any atom is 0.164 e. The van der Waals surface area contributed by atoms with E-state index in [1.807, 2.05) is 42.5 Å². The Morgan fingerprint density at radius 1 is 0.889 bits per heavy atom. The maximum atomic E-state index is 5.41. The van der Waals surface area contributed by atoms with Gasteiger partial charge in [-0.1, -0.05) is 42.0 Å². The molecule has 0 aliphatic rings. The zero-order valence-electron chi connectivity index (χ0n) is 14.8. The van der Waals surface area contributed by atoms with Crippen molar-refractivity contribution in [3.05, 3.63) is 90.1 Å². The number of hydrogen-bond acceptors (Lipinski definition) is 3. The Bertz CT molecular complexity index is 1260. The van der Waals surface area contributed by atoms with Crippen LogP contribution in [0.25, 0.3) is 40.1 Å². The molecule has 0 radical (unpaired) electrons. The molecule has 5 rings (SSSR count). The van der Waals surface area contributed by atoms with Gasteiger partial charge in [-0.3, -0.25) is 4.40 Å². The standard InChI is InChI=1S/C23H17N3O/c1-16-8-10-17(11-9-16)21-15-26-22-7-3-2-6-19(22)25-23(26)20(24-21)13-12-18-5-4-14-27-18/h2-15H,1H3/b13-12+. The number of rotatable bonds is 3. The smallest absolute Gasteiger partial charge is 0.164 e. The van der Waals surface area contributed by atoms with Crippen LogP contribution >= 0.6 is 0 Å². The predicted octanol–water partition coefficient (Wildman–Crippen LogP) is 5.62. The molecule has 0 atom stereocenters. The monoisotopic (exact) mass is 351 g/mol. The number of hydrogen-bond donors (Lipinski definition) is 0. The molecule has 27 heavy (non-hydrogen) atoms. The molecule has 0 saturated carbocycles. The minimum Gasteiger partial charge on any atom is -0.465 e. The molecule has 0 unspecified atom stereocenters. The minimum absolute atomic E-state index is 0.784. The summed E-state index contributed by atoms with van der Waals surface area (Å²) in [5.41, 5.74) is 6.86. The summed E-state index contributed by atoms with van der Waals surface area (Å²) in [5, 5.41) is 0. The number of aryl methyl sites for hydroxylation is 1. The van der Waals surface area contributed by atoms with Crippen molar-refractivity contribution in [1.82, 2.24) is 14.4 Å². The molecule has 0 bridgehead atoms. The summed E-state index contributed by atoms with van der Waals surface area (Å²) in [6.45, 7) is 2.08. The second-order valence-electron chi connectivity index (χ2n) is 6.52. The molecule has 130 valence electrons. The molecule has 0 spiro atoms. The Kier molecular flexibility index (Phi) is 3.61. The van der Waals surface area contributed by atoms with Crippen LogP contribution in [0.2, 0.25) is 0 Å². The lowest BCUT2D eigenvalue weighted by molar-refractivity contribution is 0.557. The third-order valence-corrected chi connectivity index (χ3v) is 4.61. The Balaban J connectivity index is 1.76. The van der Waals surface area contributed by atoms with Crippen molar-refractivity contribution >= 4 is 28.8 Å².